The Balaban J connectivity index is 1.24. The fraction of sp³-hybridized carbons (Fsp3) is 0.286. The van der Waals surface area contributed by atoms with Crippen LogP contribution in [-0.4, -0.2) is 38.2 Å². The Kier molecular flexibility index (Phi) is 6.31. The number of rotatable bonds is 6. The van der Waals surface area contributed by atoms with Gasteiger partial charge in [-0.2, -0.15) is 0 Å². The van der Waals surface area contributed by atoms with Crippen molar-refractivity contribution in [3.63, 3.8) is 0 Å². The van der Waals surface area contributed by atoms with Gasteiger partial charge in [-0.1, -0.05) is 30.3 Å². The third kappa shape index (κ3) is 4.80. The zero-order valence-electron chi connectivity index (χ0n) is 19.6. The second-order valence-electron chi connectivity index (χ2n) is 8.68. The van der Waals surface area contributed by atoms with Crippen LogP contribution in [0, 0.1) is 5.92 Å². The number of allylic oxidation sites excluding steroid dienone is 1. The molecule has 3 atom stereocenters. The maximum Gasteiger partial charge on any atom is 0.338 e. The molecule has 0 saturated heterocycles. The number of hydrogen-bond acceptors (Lipinski definition) is 7. The van der Waals surface area contributed by atoms with Gasteiger partial charge in [0.25, 0.3) is 0 Å². The number of esters is 1. The number of carbonyl (C=O) groups excluding carboxylic acids is 2. The van der Waals surface area contributed by atoms with Crippen molar-refractivity contribution in [2.45, 2.75) is 31.5 Å². The molecule has 3 aromatic carbocycles. The summed E-state index contributed by atoms with van der Waals surface area (Å²) in [4.78, 5) is 25.9. The summed E-state index contributed by atoms with van der Waals surface area (Å²) in [6.45, 7) is 0. The number of methoxy groups -OCH3 is 2. The summed E-state index contributed by atoms with van der Waals surface area (Å²) in [5.74, 6) is 0.903. The van der Waals surface area contributed by atoms with Gasteiger partial charge in [0.1, 0.15) is 35.7 Å². The molecule has 0 spiro atoms. The van der Waals surface area contributed by atoms with E-state index in [9.17, 15) is 9.59 Å². The lowest BCUT2D eigenvalue weighted by molar-refractivity contribution is -0.132. The van der Waals surface area contributed by atoms with Crippen molar-refractivity contribution >= 4 is 22.5 Å². The van der Waals surface area contributed by atoms with E-state index in [1.54, 1.807) is 18.2 Å². The third-order valence-corrected chi connectivity index (χ3v) is 6.48. The van der Waals surface area contributed by atoms with Gasteiger partial charge in [-0.15, -0.1) is 0 Å². The number of benzene rings is 3. The van der Waals surface area contributed by atoms with Gasteiger partial charge in [0.15, 0.2) is 0 Å². The van der Waals surface area contributed by atoms with Crippen LogP contribution in [0.5, 0.6) is 17.2 Å². The highest BCUT2D eigenvalue weighted by atomic mass is 16.6. The quantitative estimate of drug-likeness (QED) is 0.462. The van der Waals surface area contributed by atoms with Crippen LogP contribution in [0.3, 0.4) is 0 Å². The molecular formula is C28H26O7. The van der Waals surface area contributed by atoms with Crippen LogP contribution in [-0.2, 0) is 14.3 Å². The number of carbonyl (C=O) groups is 2. The van der Waals surface area contributed by atoms with Crippen molar-refractivity contribution in [1.29, 1.82) is 0 Å². The van der Waals surface area contributed by atoms with Crippen molar-refractivity contribution in [3.05, 3.63) is 78.2 Å². The molecule has 0 amide bonds. The van der Waals surface area contributed by atoms with E-state index in [1.807, 2.05) is 42.5 Å². The normalized spacial score (nSPS) is 21.4. The zero-order valence-corrected chi connectivity index (χ0v) is 19.6. The molecule has 5 rings (SSSR count). The Morgan fingerprint density at radius 2 is 1.63 bits per heavy atom. The van der Waals surface area contributed by atoms with Crippen molar-refractivity contribution in [3.8, 4) is 17.2 Å². The van der Waals surface area contributed by atoms with Crippen molar-refractivity contribution in [1.82, 2.24) is 0 Å². The van der Waals surface area contributed by atoms with Crippen LogP contribution in [0.25, 0.3) is 10.8 Å². The minimum Gasteiger partial charge on any atom is -0.497 e. The monoisotopic (exact) mass is 474 g/mol. The Morgan fingerprint density at radius 3 is 2.37 bits per heavy atom. The van der Waals surface area contributed by atoms with Gasteiger partial charge in [-0.05, 0) is 47.9 Å². The van der Waals surface area contributed by atoms with Crippen LogP contribution in [0.4, 0.5) is 0 Å². The summed E-state index contributed by atoms with van der Waals surface area (Å²) in [6, 6.07) is 18.6. The van der Waals surface area contributed by atoms with Crippen LogP contribution in [0.2, 0.25) is 0 Å². The molecule has 1 aliphatic heterocycles. The van der Waals surface area contributed by atoms with Crippen LogP contribution < -0.4 is 14.2 Å². The minimum absolute atomic E-state index is 0.0864. The molecule has 7 heteroatoms. The molecule has 2 aliphatic rings. The van der Waals surface area contributed by atoms with Crippen molar-refractivity contribution in [2.75, 3.05) is 14.2 Å². The Hall–Kier alpha value is -4.00. The lowest BCUT2D eigenvalue weighted by atomic mass is 9.80. The van der Waals surface area contributed by atoms with Gasteiger partial charge in [-0.25, -0.2) is 4.79 Å². The molecular weight excluding hydrogens is 448 g/mol. The van der Waals surface area contributed by atoms with Crippen LogP contribution in [0.1, 0.15) is 29.6 Å². The highest BCUT2D eigenvalue weighted by Crippen LogP contribution is 2.36. The summed E-state index contributed by atoms with van der Waals surface area (Å²) < 4.78 is 28.0. The van der Waals surface area contributed by atoms with E-state index >= 15 is 0 Å². The zero-order chi connectivity index (χ0) is 24.4. The molecule has 1 saturated carbocycles. The van der Waals surface area contributed by atoms with Gasteiger partial charge >= 0.3 is 5.97 Å². The van der Waals surface area contributed by atoms with E-state index in [0.717, 1.165) is 10.8 Å². The molecule has 1 aliphatic carbocycles. The van der Waals surface area contributed by atoms with Gasteiger partial charge < -0.3 is 23.7 Å². The first-order valence-corrected chi connectivity index (χ1v) is 11.5. The standard InChI is InChI=1S/C28H26O7/c1-31-22-12-19(13-23(14-22)32-2)28(30)35-21-9-10-24-25(15-21)33-16-26(27(24)29)34-20-8-7-17-5-3-4-6-18(17)11-20/h3-8,11-14,16,21,24-25H,9-10,15H2,1-2H3. The Bertz CT molecular complexity index is 1270. The molecule has 180 valence electrons. The van der Waals surface area contributed by atoms with Gasteiger partial charge in [0, 0.05) is 12.5 Å². The summed E-state index contributed by atoms with van der Waals surface area (Å²) in [5.41, 5.74) is 0.343. The predicted molar refractivity (Wildman–Crippen MR) is 129 cm³/mol. The first-order chi connectivity index (χ1) is 17.0. The number of ether oxygens (including phenoxy) is 5. The predicted octanol–water partition coefficient (Wildman–Crippen LogP) is 5.07. The molecule has 0 radical (unpaired) electrons. The summed E-state index contributed by atoms with van der Waals surface area (Å²) >= 11 is 0. The highest BCUT2D eigenvalue weighted by Gasteiger charge is 2.42. The second kappa shape index (κ2) is 9.70. The van der Waals surface area contributed by atoms with Gasteiger partial charge in [0.05, 0.1) is 25.7 Å². The maximum absolute atomic E-state index is 13.1. The average Bonchev–Trinajstić information content (AvgIpc) is 2.89. The molecule has 0 bridgehead atoms. The second-order valence-corrected chi connectivity index (χ2v) is 8.68. The lowest BCUT2D eigenvalue weighted by Crippen LogP contribution is -2.43. The van der Waals surface area contributed by atoms with Gasteiger partial charge in [-0.3, -0.25) is 4.79 Å². The molecule has 0 N–H and O–H groups in total. The van der Waals surface area contributed by atoms with E-state index in [0.29, 0.717) is 42.1 Å². The average molecular weight is 475 g/mol. The topological polar surface area (TPSA) is 80.3 Å². The SMILES string of the molecule is COc1cc(OC)cc(C(=O)OC2CCC3C(=O)C(Oc4ccc5ccccc5c4)=COC3C2)c1. The summed E-state index contributed by atoms with van der Waals surface area (Å²) in [5, 5.41) is 2.13. The Labute approximate surface area is 203 Å². The molecule has 0 aromatic heterocycles. The first-order valence-electron chi connectivity index (χ1n) is 11.5. The lowest BCUT2D eigenvalue weighted by Gasteiger charge is -2.36. The van der Waals surface area contributed by atoms with E-state index in [-0.39, 0.29) is 29.7 Å². The first kappa shape index (κ1) is 22.8. The number of ketones is 1. The molecule has 1 fully saturated rings. The fourth-order valence-electron chi connectivity index (χ4n) is 4.62. The van der Waals surface area contributed by atoms with Crippen LogP contribution in [0.15, 0.2) is 72.7 Å². The number of hydrogen-bond donors (Lipinski definition) is 0. The molecule has 3 unspecified atom stereocenters. The van der Waals surface area contributed by atoms with E-state index in [1.165, 1.54) is 20.5 Å². The smallest absolute Gasteiger partial charge is 0.338 e. The summed E-state index contributed by atoms with van der Waals surface area (Å²) in [7, 11) is 3.04. The van der Waals surface area contributed by atoms with E-state index in [4.69, 9.17) is 23.7 Å². The molecule has 1 heterocycles. The van der Waals surface area contributed by atoms with Crippen molar-refractivity contribution in [2.24, 2.45) is 5.92 Å². The third-order valence-electron chi connectivity index (χ3n) is 6.48. The van der Waals surface area contributed by atoms with Crippen LogP contribution >= 0.6 is 0 Å². The van der Waals surface area contributed by atoms with Crippen molar-refractivity contribution < 1.29 is 33.3 Å². The molecule has 3 aromatic rings. The maximum atomic E-state index is 13.1. The molecule has 7 nitrogen and oxygen atoms in total. The molecule has 35 heavy (non-hydrogen) atoms. The number of fused-ring (bicyclic) bond motifs is 2. The largest absolute Gasteiger partial charge is 0.497 e. The highest BCUT2D eigenvalue weighted by molar-refractivity contribution is 5.97. The Morgan fingerprint density at radius 1 is 0.886 bits per heavy atom. The minimum atomic E-state index is -0.469. The van der Waals surface area contributed by atoms with E-state index in [2.05, 4.69) is 0 Å². The number of Topliss-reactive ketones (excluding diaryl/α,β-unsaturated/α-hetero) is 1. The van der Waals surface area contributed by atoms with E-state index < -0.39 is 5.97 Å². The summed E-state index contributed by atoms with van der Waals surface area (Å²) in [6.07, 6.45) is 2.20. The fourth-order valence-corrected chi connectivity index (χ4v) is 4.62. The van der Waals surface area contributed by atoms with Gasteiger partial charge in [0.2, 0.25) is 11.5 Å².